The summed E-state index contributed by atoms with van der Waals surface area (Å²) in [4.78, 5) is 16.6. The van der Waals surface area contributed by atoms with Crippen LogP contribution in [0.2, 0.25) is 5.15 Å². The highest BCUT2D eigenvalue weighted by Gasteiger charge is 2.73. The molecule has 2 aliphatic carbocycles. The Morgan fingerprint density at radius 2 is 2.05 bits per heavy atom. The van der Waals surface area contributed by atoms with Gasteiger partial charge in [-0.1, -0.05) is 23.7 Å². The van der Waals surface area contributed by atoms with Crippen LogP contribution in [0.25, 0.3) is 5.69 Å². The van der Waals surface area contributed by atoms with Crippen LogP contribution in [-0.2, 0) is 11.2 Å². The van der Waals surface area contributed by atoms with Crippen LogP contribution < -0.4 is 15.0 Å². The summed E-state index contributed by atoms with van der Waals surface area (Å²) in [5.74, 6) is 2.05. The van der Waals surface area contributed by atoms with Crippen molar-refractivity contribution in [2.75, 3.05) is 30.5 Å². The van der Waals surface area contributed by atoms with E-state index < -0.39 is 0 Å². The molecular formula is C29H26ClFN6O2. The van der Waals surface area contributed by atoms with Crippen LogP contribution in [-0.4, -0.2) is 51.9 Å². The average molecular weight is 545 g/mol. The van der Waals surface area contributed by atoms with Gasteiger partial charge in [0.05, 0.1) is 37.2 Å². The molecule has 1 N–H and O–H groups in total. The van der Waals surface area contributed by atoms with Crippen molar-refractivity contribution >= 4 is 29.1 Å². The molecule has 2 unspecified atom stereocenters. The van der Waals surface area contributed by atoms with Gasteiger partial charge in [0, 0.05) is 41.4 Å². The Hall–Kier alpha value is -3.69. The molecule has 2 aliphatic heterocycles. The SMILES string of the molecule is COc1cc(Nc2nc3c(c(N4CC56C[C@@H]5OC[C@@H]46)n2)CCC3c2ccc(F)cc2)ccc1-n1cnc(Cl)c1. The fourth-order valence-corrected chi connectivity index (χ4v) is 6.88. The van der Waals surface area contributed by atoms with Gasteiger partial charge in [-0.05, 0) is 49.1 Å². The molecule has 10 heteroatoms. The number of halogens is 2. The van der Waals surface area contributed by atoms with Crippen molar-refractivity contribution in [3.63, 3.8) is 0 Å². The summed E-state index contributed by atoms with van der Waals surface area (Å²) in [7, 11) is 1.63. The lowest BCUT2D eigenvalue weighted by atomic mass is 9.86. The van der Waals surface area contributed by atoms with E-state index in [-0.39, 0.29) is 11.7 Å². The number of ether oxygens (including phenoxy) is 2. The maximum Gasteiger partial charge on any atom is 0.229 e. The van der Waals surface area contributed by atoms with E-state index in [1.54, 1.807) is 19.6 Å². The minimum atomic E-state index is -0.232. The number of methoxy groups -OCH3 is 1. The maximum absolute atomic E-state index is 13.7. The zero-order valence-corrected chi connectivity index (χ0v) is 22.0. The Morgan fingerprint density at radius 1 is 1.18 bits per heavy atom. The molecule has 39 heavy (non-hydrogen) atoms. The van der Waals surface area contributed by atoms with E-state index in [9.17, 15) is 4.39 Å². The van der Waals surface area contributed by atoms with Crippen LogP contribution >= 0.6 is 11.6 Å². The second-order valence-corrected chi connectivity index (χ2v) is 11.3. The predicted molar refractivity (Wildman–Crippen MR) is 145 cm³/mol. The number of benzene rings is 2. The summed E-state index contributed by atoms with van der Waals surface area (Å²) in [6.45, 7) is 1.73. The highest BCUT2D eigenvalue weighted by Crippen LogP contribution is 2.64. The number of nitrogens with one attached hydrogen (secondary N) is 1. The van der Waals surface area contributed by atoms with Crippen LogP contribution in [0.5, 0.6) is 5.75 Å². The van der Waals surface area contributed by atoms with Crippen LogP contribution in [0.15, 0.2) is 55.0 Å². The second-order valence-electron chi connectivity index (χ2n) is 10.9. The van der Waals surface area contributed by atoms with Gasteiger partial charge in [-0.15, -0.1) is 0 Å². The number of rotatable bonds is 6. The number of hydrogen-bond acceptors (Lipinski definition) is 7. The fraction of sp³-hybridized carbons (Fsp3) is 0.345. The molecular weight excluding hydrogens is 519 g/mol. The van der Waals surface area contributed by atoms with Gasteiger partial charge < -0.3 is 24.3 Å². The minimum Gasteiger partial charge on any atom is -0.494 e. The number of nitrogens with zero attached hydrogens (tertiary/aromatic N) is 5. The van der Waals surface area contributed by atoms with Gasteiger partial charge in [0.2, 0.25) is 5.95 Å². The summed E-state index contributed by atoms with van der Waals surface area (Å²) >= 11 is 6.02. The molecule has 0 radical (unpaired) electrons. The summed E-state index contributed by atoms with van der Waals surface area (Å²) in [6, 6.07) is 13.0. The topological polar surface area (TPSA) is 77.3 Å². The molecule has 2 aromatic heterocycles. The van der Waals surface area contributed by atoms with E-state index in [2.05, 4.69) is 15.2 Å². The number of hydrogen-bond donors (Lipinski definition) is 1. The maximum atomic E-state index is 13.7. The first-order valence-electron chi connectivity index (χ1n) is 13.2. The molecule has 2 saturated heterocycles. The number of anilines is 3. The predicted octanol–water partition coefficient (Wildman–Crippen LogP) is 5.26. The normalized spacial score (nSPS) is 26.0. The molecule has 4 aliphatic rings. The van der Waals surface area contributed by atoms with Gasteiger partial charge in [-0.2, -0.15) is 4.98 Å². The summed E-state index contributed by atoms with van der Waals surface area (Å²) in [5.41, 5.74) is 5.22. The van der Waals surface area contributed by atoms with Crippen molar-refractivity contribution in [2.24, 2.45) is 5.41 Å². The van der Waals surface area contributed by atoms with Gasteiger partial charge in [0.25, 0.3) is 0 Å². The lowest BCUT2D eigenvalue weighted by molar-refractivity contribution is 0.150. The Labute approximate surface area is 229 Å². The number of fused-ring (bicyclic) bond motifs is 1. The van der Waals surface area contributed by atoms with Gasteiger partial charge in [0.15, 0.2) is 0 Å². The molecule has 0 bridgehead atoms. The van der Waals surface area contributed by atoms with Crippen molar-refractivity contribution in [2.45, 2.75) is 37.3 Å². The van der Waals surface area contributed by atoms with E-state index in [0.717, 1.165) is 60.9 Å². The Balaban J connectivity index is 1.17. The molecule has 1 saturated carbocycles. The van der Waals surface area contributed by atoms with Crippen molar-refractivity contribution in [1.29, 1.82) is 0 Å². The lowest BCUT2D eigenvalue weighted by Crippen LogP contribution is -2.59. The standard InChI is InChI=1S/C29H26ClFN6O2/c1-38-22-10-18(6-9-21(22)36-12-25(30)32-15-36)33-28-34-26-19(16-2-4-17(31)5-3-16)7-8-20(26)27(35-28)37-14-29-11-24(29)39-13-23(29)37/h2-6,9-10,12,15,19,23-24H,7-8,11,13-14H2,1H3,(H,33,34,35)/t19?,23-,24+,29?/m1/s1. The third kappa shape index (κ3) is 3.56. The van der Waals surface area contributed by atoms with E-state index in [4.69, 9.17) is 31.0 Å². The first-order chi connectivity index (χ1) is 19.0. The molecule has 3 fully saturated rings. The van der Waals surface area contributed by atoms with Gasteiger partial charge in [0.1, 0.15) is 28.9 Å². The zero-order valence-electron chi connectivity index (χ0n) is 21.3. The Kier molecular flexibility index (Phi) is 5.00. The van der Waals surface area contributed by atoms with Crippen LogP contribution in [0.4, 0.5) is 21.8 Å². The average Bonchev–Trinajstić information content (AvgIpc) is 3.17. The van der Waals surface area contributed by atoms with Crippen LogP contribution in [0.3, 0.4) is 0 Å². The Morgan fingerprint density at radius 3 is 2.79 bits per heavy atom. The number of imidazole rings is 1. The molecule has 2 aromatic carbocycles. The molecule has 8 nitrogen and oxygen atoms in total. The second kappa shape index (κ2) is 8.40. The first kappa shape index (κ1) is 23.2. The van der Waals surface area contributed by atoms with E-state index in [1.165, 1.54) is 17.7 Å². The van der Waals surface area contributed by atoms with Gasteiger partial charge in [-0.3, -0.25) is 0 Å². The molecule has 4 heterocycles. The summed E-state index contributed by atoms with van der Waals surface area (Å²) in [6.07, 6.45) is 6.76. The fourth-order valence-electron chi connectivity index (χ4n) is 6.73. The van der Waals surface area contributed by atoms with Crippen LogP contribution in [0.1, 0.15) is 35.6 Å². The molecule has 1 spiro atoms. The molecule has 8 rings (SSSR count). The zero-order chi connectivity index (χ0) is 26.3. The molecule has 198 valence electrons. The summed E-state index contributed by atoms with van der Waals surface area (Å²) < 4.78 is 27.2. The van der Waals surface area contributed by atoms with E-state index >= 15 is 0 Å². The molecule has 4 atom stereocenters. The van der Waals surface area contributed by atoms with Crippen molar-refractivity contribution < 1.29 is 13.9 Å². The Bertz CT molecular complexity index is 1610. The quantitative estimate of drug-likeness (QED) is 0.355. The van der Waals surface area contributed by atoms with Crippen molar-refractivity contribution in [3.8, 4) is 11.4 Å². The van der Waals surface area contributed by atoms with Crippen molar-refractivity contribution in [3.05, 3.63) is 82.8 Å². The molecule has 0 amide bonds. The van der Waals surface area contributed by atoms with Gasteiger partial charge >= 0.3 is 0 Å². The van der Waals surface area contributed by atoms with Gasteiger partial charge in [-0.25, -0.2) is 14.4 Å². The largest absolute Gasteiger partial charge is 0.494 e. The smallest absolute Gasteiger partial charge is 0.229 e. The third-order valence-corrected chi connectivity index (χ3v) is 9.04. The van der Waals surface area contributed by atoms with E-state index in [1.807, 2.05) is 34.9 Å². The van der Waals surface area contributed by atoms with Crippen molar-refractivity contribution in [1.82, 2.24) is 19.5 Å². The highest BCUT2D eigenvalue weighted by atomic mass is 35.5. The molecule has 4 aromatic rings. The third-order valence-electron chi connectivity index (χ3n) is 8.85. The summed E-state index contributed by atoms with van der Waals surface area (Å²) in [5, 5.41) is 3.83. The number of aromatic nitrogens is 4. The minimum absolute atomic E-state index is 0.0922. The lowest BCUT2D eigenvalue weighted by Gasteiger charge is -2.47. The highest BCUT2D eigenvalue weighted by molar-refractivity contribution is 6.29. The monoisotopic (exact) mass is 544 g/mol. The van der Waals surface area contributed by atoms with Crippen LogP contribution in [0, 0.1) is 11.2 Å². The first-order valence-corrected chi connectivity index (χ1v) is 13.6. The van der Waals surface area contributed by atoms with E-state index in [0.29, 0.717) is 34.4 Å².